The third-order valence-corrected chi connectivity index (χ3v) is 6.31. The Labute approximate surface area is 165 Å². The van der Waals surface area contributed by atoms with Crippen molar-refractivity contribution in [2.24, 2.45) is 0 Å². The van der Waals surface area contributed by atoms with Gasteiger partial charge in [-0.1, -0.05) is 42.5 Å². The van der Waals surface area contributed by atoms with Crippen molar-refractivity contribution in [3.8, 4) is 0 Å². The lowest BCUT2D eigenvalue weighted by molar-refractivity contribution is 1.23. The highest BCUT2D eigenvalue weighted by Crippen LogP contribution is 2.43. The molecule has 2 aromatic heterocycles. The van der Waals surface area contributed by atoms with E-state index in [4.69, 9.17) is 0 Å². The number of fused-ring (bicyclic) bond motifs is 4. The number of H-pyrrole nitrogens is 2. The average molecular weight is 390 g/mol. The zero-order valence-electron chi connectivity index (χ0n) is 15.3. The van der Waals surface area contributed by atoms with Crippen LogP contribution in [0.25, 0.3) is 64.6 Å². The number of rotatable bonds is 0. The van der Waals surface area contributed by atoms with Gasteiger partial charge in [0.1, 0.15) is 0 Å². The first kappa shape index (κ1) is 15.6. The predicted octanol–water partition coefficient (Wildman–Crippen LogP) is 3.02. The van der Waals surface area contributed by atoms with Crippen LogP contribution in [0.3, 0.4) is 0 Å². The fourth-order valence-corrected chi connectivity index (χ4v) is 5.22. The molecular formula is C24H10N2O4. The molecule has 0 unspecified atom stereocenters. The SMILES string of the molecule is O=c1[nH]c(=O)c2c3c(=O)[nH]c(=O)c3c3cccc4c5cccc6c1ccc(c65)c2c43. The zero-order chi connectivity index (χ0) is 20.3. The summed E-state index contributed by atoms with van der Waals surface area (Å²) in [6.07, 6.45) is 0. The molecule has 0 spiro atoms. The minimum absolute atomic E-state index is 0.0298. The van der Waals surface area contributed by atoms with E-state index in [9.17, 15) is 19.2 Å². The Morgan fingerprint density at radius 2 is 0.833 bits per heavy atom. The van der Waals surface area contributed by atoms with Gasteiger partial charge in [0.25, 0.3) is 22.2 Å². The van der Waals surface area contributed by atoms with Gasteiger partial charge in [0.15, 0.2) is 0 Å². The molecule has 7 aromatic rings. The Hall–Kier alpha value is -4.32. The predicted molar refractivity (Wildman–Crippen MR) is 119 cm³/mol. The molecule has 30 heavy (non-hydrogen) atoms. The summed E-state index contributed by atoms with van der Waals surface area (Å²) in [5.41, 5.74) is -2.37. The highest BCUT2D eigenvalue weighted by molar-refractivity contribution is 6.41. The minimum Gasteiger partial charge on any atom is -0.288 e. The Balaban J connectivity index is 2.17. The van der Waals surface area contributed by atoms with Gasteiger partial charge >= 0.3 is 0 Å². The van der Waals surface area contributed by atoms with Crippen molar-refractivity contribution in [2.45, 2.75) is 0 Å². The normalized spacial score (nSPS) is 12.5. The highest BCUT2D eigenvalue weighted by atomic mass is 16.2. The maximum absolute atomic E-state index is 13.3. The van der Waals surface area contributed by atoms with Crippen LogP contribution in [-0.2, 0) is 0 Å². The van der Waals surface area contributed by atoms with Crippen LogP contribution in [0.2, 0.25) is 0 Å². The van der Waals surface area contributed by atoms with Gasteiger partial charge in [0.05, 0.1) is 16.2 Å². The molecular weight excluding hydrogens is 380 g/mol. The highest BCUT2D eigenvalue weighted by Gasteiger charge is 2.23. The van der Waals surface area contributed by atoms with Gasteiger partial charge in [0.2, 0.25) is 0 Å². The van der Waals surface area contributed by atoms with Gasteiger partial charge in [-0.3, -0.25) is 29.1 Å². The molecule has 0 aliphatic rings. The summed E-state index contributed by atoms with van der Waals surface area (Å²) in [6.45, 7) is 0. The van der Waals surface area contributed by atoms with E-state index in [2.05, 4.69) is 9.97 Å². The fraction of sp³-hybridized carbons (Fsp3) is 0. The Kier molecular flexibility index (Phi) is 2.50. The van der Waals surface area contributed by atoms with Gasteiger partial charge in [0, 0.05) is 10.8 Å². The van der Waals surface area contributed by atoms with Crippen molar-refractivity contribution in [2.75, 3.05) is 0 Å². The lowest BCUT2D eigenvalue weighted by atomic mass is 9.86. The fourth-order valence-electron chi connectivity index (χ4n) is 5.22. The zero-order valence-corrected chi connectivity index (χ0v) is 15.3. The van der Waals surface area contributed by atoms with E-state index in [0.717, 1.165) is 32.3 Å². The second-order valence-electron chi connectivity index (χ2n) is 7.68. The van der Waals surface area contributed by atoms with E-state index in [1.807, 2.05) is 36.4 Å². The Morgan fingerprint density at radius 1 is 0.367 bits per heavy atom. The van der Waals surface area contributed by atoms with Crippen LogP contribution in [0.4, 0.5) is 0 Å². The van der Waals surface area contributed by atoms with Gasteiger partial charge in [-0.25, -0.2) is 0 Å². The molecule has 0 atom stereocenters. The van der Waals surface area contributed by atoms with Crippen molar-refractivity contribution >= 4 is 64.6 Å². The van der Waals surface area contributed by atoms with Crippen LogP contribution in [0.1, 0.15) is 0 Å². The third kappa shape index (κ3) is 1.55. The number of hydrogen-bond acceptors (Lipinski definition) is 4. The Bertz CT molecular complexity index is 2090. The lowest BCUT2D eigenvalue weighted by Gasteiger charge is -2.15. The number of benzene rings is 5. The standard InChI is InChI=1S/C24H10N2O4/c27-21-12-7-8-14-15-9(3-1-5-11(12)15)10-4-2-6-13-16(10)17(14)19(23(29)25-21)20-18(13)22(28)26-24(20)30/h1-8H,(H,25,27,29)(H,26,28,30). The van der Waals surface area contributed by atoms with E-state index in [1.54, 1.807) is 12.1 Å². The summed E-state index contributed by atoms with van der Waals surface area (Å²) in [4.78, 5) is 56.4. The van der Waals surface area contributed by atoms with Crippen molar-refractivity contribution in [3.05, 3.63) is 89.9 Å². The molecule has 6 nitrogen and oxygen atoms in total. The number of hydrogen-bond donors (Lipinski definition) is 2. The van der Waals surface area contributed by atoms with Gasteiger partial charge in [-0.05, 0) is 43.8 Å². The number of aromatic amines is 2. The molecule has 6 heteroatoms. The first-order valence-corrected chi connectivity index (χ1v) is 9.47. The van der Waals surface area contributed by atoms with E-state index >= 15 is 0 Å². The maximum atomic E-state index is 13.3. The molecule has 0 aliphatic heterocycles. The van der Waals surface area contributed by atoms with Crippen LogP contribution in [-0.4, -0.2) is 9.97 Å². The van der Waals surface area contributed by atoms with Crippen molar-refractivity contribution in [1.29, 1.82) is 0 Å². The van der Waals surface area contributed by atoms with Crippen LogP contribution in [0, 0.1) is 0 Å². The average Bonchev–Trinajstić information content (AvgIpc) is 3.07. The first-order chi connectivity index (χ1) is 14.6. The summed E-state index contributed by atoms with van der Waals surface area (Å²) in [5.74, 6) is 0. The van der Waals surface area contributed by atoms with Gasteiger partial charge in [-0.2, -0.15) is 0 Å². The van der Waals surface area contributed by atoms with E-state index in [1.165, 1.54) is 0 Å². The Morgan fingerprint density at radius 3 is 1.57 bits per heavy atom. The molecule has 4 bridgehead atoms. The molecule has 2 heterocycles. The molecule has 0 radical (unpaired) electrons. The summed E-state index contributed by atoms with van der Waals surface area (Å²) in [7, 11) is 0. The van der Waals surface area contributed by atoms with Gasteiger partial charge < -0.3 is 0 Å². The van der Waals surface area contributed by atoms with E-state index < -0.39 is 22.2 Å². The second kappa shape index (κ2) is 4.80. The molecule has 2 N–H and O–H groups in total. The summed E-state index contributed by atoms with van der Waals surface area (Å²) >= 11 is 0. The number of aromatic nitrogens is 2. The summed E-state index contributed by atoms with van der Waals surface area (Å²) in [6, 6.07) is 14.8. The van der Waals surface area contributed by atoms with Crippen molar-refractivity contribution in [1.82, 2.24) is 9.97 Å². The molecule has 0 amide bonds. The minimum atomic E-state index is -0.678. The lowest BCUT2D eigenvalue weighted by Crippen LogP contribution is -2.16. The topological polar surface area (TPSA) is 99.9 Å². The van der Waals surface area contributed by atoms with E-state index in [0.29, 0.717) is 16.2 Å². The molecule has 0 saturated heterocycles. The maximum Gasteiger partial charge on any atom is 0.259 e. The second-order valence-corrected chi connectivity index (χ2v) is 7.68. The molecule has 0 aliphatic carbocycles. The molecule has 7 rings (SSSR count). The number of nitrogens with one attached hydrogen (secondary N) is 2. The van der Waals surface area contributed by atoms with Crippen LogP contribution in [0.15, 0.2) is 67.7 Å². The third-order valence-electron chi connectivity index (χ3n) is 6.31. The quantitative estimate of drug-likeness (QED) is 0.307. The van der Waals surface area contributed by atoms with Crippen molar-refractivity contribution < 1.29 is 0 Å². The largest absolute Gasteiger partial charge is 0.288 e. The molecule has 5 aromatic carbocycles. The summed E-state index contributed by atoms with van der Waals surface area (Å²) < 4.78 is 0. The van der Waals surface area contributed by atoms with E-state index in [-0.39, 0.29) is 16.2 Å². The van der Waals surface area contributed by atoms with Gasteiger partial charge in [-0.15, -0.1) is 0 Å². The monoisotopic (exact) mass is 390 g/mol. The van der Waals surface area contributed by atoms with Crippen LogP contribution < -0.4 is 22.2 Å². The first-order valence-electron chi connectivity index (χ1n) is 9.47. The summed E-state index contributed by atoms with van der Waals surface area (Å²) in [5, 5.41) is 6.83. The van der Waals surface area contributed by atoms with Crippen LogP contribution >= 0.6 is 0 Å². The van der Waals surface area contributed by atoms with Crippen LogP contribution in [0.5, 0.6) is 0 Å². The smallest absolute Gasteiger partial charge is 0.259 e. The van der Waals surface area contributed by atoms with Crippen molar-refractivity contribution in [3.63, 3.8) is 0 Å². The molecule has 0 saturated carbocycles. The molecule has 0 fully saturated rings. The molecule has 140 valence electrons.